The van der Waals surface area contributed by atoms with E-state index in [9.17, 15) is 0 Å². The highest BCUT2D eigenvalue weighted by Crippen LogP contribution is 2.36. The Balaban J connectivity index is 1.50. The van der Waals surface area contributed by atoms with Crippen LogP contribution in [0.3, 0.4) is 0 Å². The minimum Gasteiger partial charge on any atom is -0.310 e. The van der Waals surface area contributed by atoms with Crippen molar-refractivity contribution < 1.29 is 0 Å². The normalized spacial score (nSPS) is 29.4. The van der Waals surface area contributed by atoms with Gasteiger partial charge >= 0.3 is 0 Å². The molecule has 2 heteroatoms. The molecule has 20 heavy (non-hydrogen) atoms. The first-order valence-corrected chi connectivity index (χ1v) is 9.04. The van der Waals surface area contributed by atoms with Crippen molar-refractivity contribution in [2.24, 2.45) is 11.8 Å². The van der Waals surface area contributed by atoms with E-state index in [-0.39, 0.29) is 0 Å². The van der Waals surface area contributed by atoms with Gasteiger partial charge < -0.3 is 5.32 Å². The summed E-state index contributed by atoms with van der Waals surface area (Å²) in [5.74, 6) is 1.92. The van der Waals surface area contributed by atoms with Crippen molar-refractivity contribution in [1.29, 1.82) is 0 Å². The quantitative estimate of drug-likeness (QED) is 0.793. The van der Waals surface area contributed by atoms with Crippen LogP contribution in [0.1, 0.15) is 62.6 Å². The Hall–Kier alpha value is -0.340. The smallest absolute Gasteiger partial charge is 0.0326 e. The van der Waals surface area contributed by atoms with Gasteiger partial charge in [-0.1, -0.05) is 54.2 Å². The largest absolute Gasteiger partial charge is 0.310 e. The number of benzene rings is 1. The Bertz CT molecular complexity index is 457. The molecular formula is C18H26BrN. The van der Waals surface area contributed by atoms with Gasteiger partial charge in [0.15, 0.2) is 0 Å². The zero-order valence-electron chi connectivity index (χ0n) is 12.5. The van der Waals surface area contributed by atoms with Crippen molar-refractivity contribution in [3.8, 4) is 0 Å². The average molecular weight is 336 g/mol. The lowest BCUT2D eigenvalue weighted by Crippen LogP contribution is -2.24. The first kappa shape index (κ1) is 14.6. The summed E-state index contributed by atoms with van der Waals surface area (Å²) in [7, 11) is 0. The molecule has 0 bridgehead atoms. The van der Waals surface area contributed by atoms with Gasteiger partial charge in [-0.3, -0.25) is 0 Å². The summed E-state index contributed by atoms with van der Waals surface area (Å²) in [4.78, 5) is 0. The number of fused-ring (bicyclic) bond motifs is 1. The molecule has 3 unspecified atom stereocenters. The fourth-order valence-electron chi connectivity index (χ4n) is 4.11. The summed E-state index contributed by atoms with van der Waals surface area (Å²) in [5.41, 5.74) is 3.05. The second-order valence-corrected chi connectivity index (χ2v) is 7.63. The molecule has 0 saturated heterocycles. The molecule has 0 aromatic heterocycles. The van der Waals surface area contributed by atoms with Gasteiger partial charge in [0.2, 0.25) is 0 Å². The Labute approximate surface area is 131 Å². The van der Waals surface area contributed by atoms with Crippen molar-refractivity contribution >= 4 is 15.9 Å². The van der Waals surface area contributed by atoms with E-state index < -0.39 is 0 Å². The minimum atomic E-state index is 0.587. The highest BCUT2D eigenvalue weighted by molar-refractivity contribution is 9.10. The van der Waals surface area contributed by atoms with Crippen LogP contribution in [0.2, 0.25) is 0 Å². The SMILES string of the molecule is CC1CCCC(CCNC2CCc3c(Br)cccc32)C1. The third-order valence-corrected chi connectivity index (χ3v) is 5.94. The van der Waals surface area contributed by atoms with E-state index in [0.29, 0.717) is 6.04 Å². The number of hydrogen-bond donors (Lipinski definition) is 1. The van der Waals surface area contributed by atoms with E-state index >= 15 is 0 Å². The van der Waals surface area contributed by atoms with Crippen LogP contribution < -0.4 is 5.32 Å². The van der Waals surface area contributed by atoms with Crippen molar-refractivity contribution in [3.63, 3.8) is 0 Å². The molecule has 1 aromatic rings. The molecule has 110 valence electrons. The van der Waals surface area contributed by atoms with E-state index in [4.69, 9.17) is 0 Å². The summed E-state index contributed by atoms with van der Waals surface area (Å²) < 4.78 is 1.29. The molecule has 1 fully saturated rings. The predicted octanol–water partition coefficient (Wildman–Crippen LogP) is 5.24. The fourth-order valence-corrected chi connectivity index (χ4v) is 4.69. The Morgan fingerprint density at radius 3 is 3.00 bits per heavy atom. The maximum absolute atomic E-state index is 3.81. The van der Waals surface area contributed by atoms with Crippen molar-refractivity contribution in [2.75, 3.05) is 6.54 Å². The lowest BCUT2D eigenvalue weighted by Gasteiger charge is -2.27. The lowest BCUT2D eigenvalue weighted by atomic mass is 9.81. The van der Waals surface area contributed by atoms with E-state index in [1.807, 2.05) is 0 Å². The van der Waals surface area contributed by atoms with Crippen LogP contribution >= 0.6 is 15.9 Å². The molecule has 3 atom stereocenters. The third-order valence-electron chi connectivity index (χ3n) is 5.20. The van der Waals surface area contributed by atoms with Gasteiger partial charge in [-0.25, -0.2) is 0 Å². The van der Waals surface area contributed by atoms with E-state index in [1.165, 1.54) is 67.1 Å². The molecule has 2 aliphatic carbocycles. The van der Waals surface area contributed by atoms with Gasteiger partial charge in [-0.2, -0.15) is 0 Å². The second-order valence-electron chi connectivity index (χ2n) is 6.78. The van der Waals surface area contributed by atoms with Crippen molar-refractivity contribution in [2.45, 2.75) is 57.9 Å². The summed E-state index contributed by atoms with van der Waals surface area (Å²) in [6.45, 7) is 3.61. The lowest BCUT2D eigenvalue weighted by molar-refractivity contribution is 0.265. The number of nitrogens with one attached hydrogen (secondary N) is 1. The molecular weight excluding hydrogens is 310 g/mol. The maximum Gasteiger partial charge on any atom is 0.0326 e. The van der Waals surface area contributed by atoms with E-state index in [2.05, 4.69) is 46.4 Å². The van der Waals surface area contributed by atoms with Crippen molar-refractivity contribution in [1.82, 2.24) is 5.32 Å². The number of rotatable bonds is 4. The second kappa shape index (κ2) is 6.62. The first-order chi connectivity index (χ1) is 9.74. The third kappa shape index (κ3) is 3.28. The monoisotopic (exact) mass is 335 g/mol. The fraction of sp³-hybridized carbons (Fsp3) is 0.667. The molecule has 0 radical (unpaired) electrons. The van der Waals surface area contributed by atoms with Crippen LogP contribution in [0.4, 0.5) is 0 Å². The van der Waals surface area contributed by atoms with Crippen LogP contribution in [-0.2, 0) is 6.42 Å². The van der Waals surface area contributed by atoms with Gasteiger partial charge in [0.25, 0.3) is 0 Å². The molecule has 0 aliphatic heterocycles. The molecule has 2 aliphatic rings. The summed E-state index contributed by atoms with van der Waals surface area (Å²) in [6.07, 6.45) is 9.66. The van der Waals surface area contributed by atoms with Crippen LogP contribution in [0.25, 0.3) is 0 Å². The molecule has 0 heterocycles. The Morgan fingerprint density at radius 1 is 1.25 bits per heavy atom. The topological polar surface area (TPSA) is 12.0 Å². The standard InChI is InChI=1S/C18H26BrN/c1-13-4-2-5-14(12-13)10-11-20-18-9-8-15-16(18)6-3-7-17(15)19/h3,6-7,13-14,18,20H,2,4-5,8-12H2,1H3. The van der Waals surface area contributed by atoms with Crippen LogP contribution in [-0.4, -0.2) is 6.54 Å². The molecule has 1 aromatic carbocycles. The zero-order valence-corrected chi connectivity index (χ0v) is 14.1. The maximum atomic E-state index is 3.81. The highest BCUT2D eigenvalue weighted by Gasteiger charge is 2.24. The molecule has 1 saturated carbocycles. The van der Waals surface area contributed by atoms with E-state index in [1.54, 1.807) is 0 Å². The molecule has 3 rings (SSSR count). The van der Waals surface area contributed by atoms with Gasteiger partial charge in [-0.05, 0) is 61.3 Å². The van der Waals surface area contributed by atoms with Gasteiger partial charge in [0.05, 0.1) is 0 Å². The van der Waals surface area contributed by atoms with Crippen LogP contribution in [0.5, 0.6) is 0 Å². The first-order valence-electron chi connectivity index (χ1n) is 8.24. The molecule has 0 amide bonds. The summed E-state index contributed by atoms with van der Waals surface area (Å²) in [5, 5.41) is 3.81. The minimum absolute atomic E-state index is 0.587. The predicted molar refractivity (Wildman–Crippen MR) is 88.9 cm³/mol. The van der Waals surface area contributed by atoms with Crippen LogP contribution in [0, 0.1) is 11.8 Å². The van der Waals surface area contributed by atoms with Gasteiger partial charge in [0, 0.05) is 10.5 Å². The summed E-state index contributed by atoms with van der Waals surface area (Å²) in [6, 6.07) is 7.23. The molecule has 0 spiro atoms. The average Bonchev–Trinajstić information content (AvgIpc) is 2.84. The Kier molecular flexibility index (Phi) is 4.83. The molecule has 1 N–H and O–H groups in total. The molecule has 1 nitrogen and oxygen atoms in total. The number of halogens is 1. The zero-order chi connectivity index (χ0) is 13.9. The summed E-state index contributed by atoms with van der Waals surface area (Å²) >= 11 is 3.68. The van der Waals surface area contributed by atoms with Crippen molar-refractivity contribution in [3.05, 3.63) is 33.8 Å². The van der Waals surface area contributed by atoms with E-state index in [0.717, 1.165) is 11.8 Å². The van der Waals surface area contributed by atoms with Gasteiger partial charge in [-0.15, -0.1) is 0 Å². The highest BCUT2D eigenvalue weighted by atomic mass is 79.9. The van der Waals surface area contributed by atoms with Crippen LogP contribution in [0.15, 0.2) is 22.7 Å². The Morgan fingerprint density at radius 2 is 2.15 bits per heavy atom. The number of hydrogen-bond acceptors (Lipinski definition) is 1. The van der Waals surface area contributed by atoms with Gasteiger partial charge in [0.1, 0.15) is 0 Å².